The molecule has 0 saturated carbocycles. The summed E-state index contributed by atoms with van der Waals surface area (Å²) < 4.78 is 19.7. The van der Waals surface area contributed by atoms with Gasteiger partial charge in [0.2, 0.25) is 5.91 Å². The molecule has 35 heavy (non-hydrogen) atoms. The summed E-state index contributed by atoms with van der Waals surface area (Å²) in [5.74, 6) is 0.0318. The number of likely N-dealkylation sites (N-methyl/N-ethyl adjacent to an activating group) is 1. The van der Waals surface area contributed by atoms with Crippen LogP contribution in [0, 0.1) is 11.2 Å². The summed E-state index contributed by atoms with van der Waals surface area (Å²) in [5.41, 5.74) is -0.0486. The zero-order valence-electron chi connectivity index (χ0n) is 19.8. The van der Waals surface area contributed by atoms with Crippen LogP contribution in [-0.4, -0.2) is 79.4 Å². The zero-order chi connectivity index (χ0) is 25.0. The number of hydrogen-bond donors (Lipinski definition) is 0. The van der Waals surface area contributed by atoms with E-state index in [-0.39, 0.29) is 16.8 Å². The lowest BCUT2D eigenvalue weighted by Crippen LogP contribution is -2.51. The van der Waals surface area contributed by atoms with E-state index in [9.17, 15) is 14.0 Å². The lowest BCUT2D eigenvalue weighted by Gasteiger charge is -2.42. The van der Waals surface area contributed by atoms with Crippen LogP contribution in [-0.2, 0) is 4.79 Å². The van der Waals surface area contributed by atoms with Gasteiger partial charge in [-0.25, -0.2) is 4.39 Å². The molecule has 0 spiro atoms. The highest BCUT2D eigenvalue weighted by molar-refractivity contribution is 6.31. The standard InChI is InChI=1S/C26H30Cl2FN3O3/c1-30-11-13-31(14-12-30)24(33)17-26(18-35-21-4-2-3-20(27)16-21)7-9-32(10-8-26)25(34)19-5-6-23(29)22(28)15-19/h2-6,15-16H,7-14,17-18H2,1H3. The van der Waals surface area contributed by atoms with E-state index in [4.69, 9.17) is 27.9 Å². The van der Waals surface area contributed by atoms with Gasteiger partial charge in [0.15, 0.2) is 0 Å². The first-order valence-electron chi connectivity index (χ1n) is 11.8. The molecule has 9 heteroatoms. The Hall–Kier alpha value is -2.35. The summed E-state index contributed by atoms with van der Waals surface area (Å²) in [5, 5.41) is 0.512. The predicted octanol–water partition coefficient (Wildman–Crippen LogP) is 4.60. The number of halogens is 3. The van der Waals surface area contributed by atoms with Crippen molar-refractivity contribution in [3.63, 3.8) is 0 Å². The van der Waals surface area contributed by atoms with Gasteiger partial charge in [-0.05, 0) is 56.3 Å². The predicted molar refractivity (Wildman–Crippen MR) is 135 cm³/mol. The average Bonchev–Trinajstić information content (AvgIpc) is 2.85. The average molecular weight is 522 g/mol. The van der Waals surface area contributed by atoms with Crippen LogP contribution in [0.1, 0.15) is 29.6 Å². The highest BCUT2D eigenvalue weighted by Crippen LogP contribution is 2.37. The van der Waals surface area contributed by atoms with Crippen LogP contribution in [0.4, 0.5) is 4.39 Å². The molecular formula is C26H30Cl2FN3O3. The van der Waals surface area contributed by atoms with Crippen molar-refractivity contribution >= 4 is 35.0 Å². The third-order valence-electron chi connectivity index (χ3n) is 7.00. The number of carbonyl (C=O) groups is 2. The molecule has 0 atom stereocenters. The molecular weight excluding hydrogens is 492 g/mol. The lowest BCUT2D eigenvalue weighted by molar-refractivity contribution is -0.136. The van der Waals surface area contributed by atoms with Gasteiger partial charge in [0, 0.05) is 61.7 Å². The number of likely N-dealkylation sites (tertiary alicyclic amines) is 1. The maximum atomic E-state index is 13.5. The van der Waals surface area contributed by atoms with E-state index in [0.29, 0.717) is 55.3 Å². The normalized spacial score (nSPS) is 18.4. The lowest BCUT2D eigenvalue weighted by atomic mass is 9.75. The van der Waals surface area contributed by atoms with Crippen LogP contribution in [0.25, 0.3) is 0 Å². The fourth-order valence-corrected chi connectivity index (χ4v) is 5.01. The SMILES string of the molecule is CN1CCN(C(=O)CC2(COc3cccc(Cl)c3)CCN(C(=O)c3ccc(F)c(Cl)c3)CC2)CC1. The van der Waals surface area contributed by atoms with Crippen LogP contribution >= 0.6 is 23.2 Å². The summed E-state index contributed by atoms with van der Waals surface area (Å²) in [6.45, 7) is 4.47. The van der Waals surface area contributed by atoms with Gasteiger partial charge in [-0.15, -0.1) is 0 Å². The number of hydrogen-bond acceptors (Lipinski definition) is 4. The Morgan fingerprint density at radius 3 is 2.34 bits per heavy atom. The number of benzene rings is 2. The molecule has 2 aromatic rings. The number of ether oxygens (including phenoxy) is 1. The highest BCUT2D eigenvalue weighted by Gasteiger charge is 2.40. The molecule has 0 bridgehead atoms. The molecule has 0 N–H and O–H groups in total. The van der Waals surface area contributed by atoms with Gasteiger partial charge in [0.1, 0.15) is 11.6 Å². The van der Waals surface area contributed by atoms with E-state index < -0.39 is 11.2 Å². The van der Waals surface area contributed by atoms with Crippen molar-refractivity contribution in [3.8, 4) is 5.75 Å². The Labute approximate surface area is 215 Å². The van der Waals surface area contributed by atoms with Gasteiger partial charge in [0.25, 0.3) is 5.91 Å². The molecule has 2 amide bonds. The number of amides is 2. The number of rotatable bonds is 6. The Kier molecular flexibility index (Phi) is 8.19. The third kappa shape index (κ3) is 6.46. The van der Waals surface area contributed by atoms with E-state index in [1.165, 1.54) is 18.2 Å². The Balaban J connectivity index is 1.45. The van der Waals surface area contributed by atoms with E-state index in [0.717, 1.165) is 26.2 Å². The second-order valence-electron chi connectivity index (χ2n) is 9.53. The second kappa shape index (κ2) is 11.1. The minimum Gasteiger partial charge on any atom is -0.493 e. The Morgan fingerprint density at radius 1 is 0.971 bits per heavy atom. The Bertz CT molecular complexity index is 1070. The molecule has 188 valence electrons. The molecule has 2 heterocycles. The fraction of sp³-hybridized carbons (Fsp3) is 0.462. The van der Waals surface area contributed by atoms with Crippen molar-refractivity contribution in [3.05, 3.63) is 63.9 Å². The first-order chi connectivity index (χ1) is 16.7. The summed E-state index contributed by atoms with van der Waals surface area (Å²) in [6, 6.07) is 11.2. The van der Waals surface area contributed by atoms with Crippen molar-refractivity contribution in [1.82, 2.24) is 14.7 Å². The molecule has 2 fully saturated rings. The monoisotopic (exact) mass is 521 g/mol. The minimum atomic E-state index is -0.554. The van der Waals surface area contributed by atoms with E-state index in [1.807, 2.05) is 17.0 Å². The van der Waals surface area contributed by atoms with Crippen LogP contribution < -0.4 is 4.74 Å². The molecule has 0 aliphatic carbocycles. The fourth-order valence-electron chi connectivity index (χ4n) is 4.65. The van der Waals surface area contributed by atoms with Crippen LogP contribution in [0.3, 0.4) is 0 Å². The van der Waals surface area contributed by atoms with Gasteiger partial charge >= 0.3 is 0 Å². The number of carbonyl (C=O) groups excluding carboxylic acids is 2. The molecule has 4 rings (SSSR count). The van der Waals surface area contributed by atoms with E-state index in [2.05, 4.69) is 11.9 Å². The topological polar surface area (TPSA) is 53.1 Å². The van der Waals surface area contributed by atoms with Crippen molar-refractivity contribution in [2.45, 2.75) is 19.3 Å². The molecule has 0 aromatic heterocycles. The summed E-state index contributed by atoms with van der Waals surface area (Å²) in [4.78, 5) is 32.1. The van der Waals surface area contributed by atoms with Crippen molar-refractivity contribution in [1.29, 1.82) is 0 Å². The molecule has 2 aliphatic heterocycles. The van der Waals surface area contributed by atoms with E-state index in [1.54, 1.807) is 17.0 Å². The molecule has 0 radical (unpaired) electrons. The number of nitrogens with zero attached hydrogens (tertiary/aromatic N) is 3. The van der Waals surface area contributed by atoms with Crippen LogP contribution in [0.15, 0.2) is 42.5 Å². The van der Waals surface area contributed by atoms with Crippen molar-refractivity contribution in [2.75, 3.05) is 52.9 Å². The summed E-state index contributed by atoms with van der Waals surface area (Å²) in [7, 11) is 2.06. The van der Waals surface area contributed by atoms with Gasteiger partial charge in [-0.2, -0.15) is 0 Å². The minimum absolute atomic E-state index is 0.0742. The summed E-state index contributed by atoms with van der Waals surface area (Å²) >= 11 is 12.0. The van der Waals surface area contributed by atoms with Crippen molar-refractivity contribution in [2.24, 2.45) is 5.41 Å². The van der Waals surface area contributed by atoms with Gasteiger partial charge in [-0.1, -0.05) is 29.3 Å². The smallest absolute Gasteiger partial charge is 0.253 e. The second-order valence-corrected chi connectivity index (χ2v) is 10.4. The highest BCUT2D eigenvalue weighted by atomic mass is 35.5. The molecule has 2 aliphatic rings. The maximum Gasteiger partial charge on any atom is 0.253 e. The zero-order valence-corrected chi connectivity index (χ0v) is 21.3. The van der Waals surface area contributed by atoms with Gasteiger partial charge in [-0.3, -0.25) is 9.59 Å². The van der Waals surface area contributed by atoms with Crippen LogP contribution in [0.2, 0.25) is 10.0 Å². The van der Waals surface area contributed by atoms with Gasteiger partial charge in [0.05, 0.1) is 11.6 Å². The number of piperazine rings is 1. The summed E-state index contributed by atoms with van der Waals surface area (Å²) in [6.07, 6.45) is 1.60. The number of piperidine rings is 1. The van der Waals surface area contributed by atoms with E-state index >= 15 is 0 Å². The first-order valence-corrected chi connectivity index (χ1v) is 12.6. The molecule has 6 nitrogen and oxygen atoms in total. The molecule has 2 saturated heterocycles. The third-order valence-corrected chi connectivity index (χ3v) is 7.53. The van der Waals surface area contributed by atoms with Gasteiger partial charge < -0.3 is 19.4 Å². The quantitative estimate of drug-likeness (QED) is 0.557. The first kappa shape index (κ1) is 25.7. The van der Waals surface area contributed by atoms with Crippen LogP contribution in [0.5, 0.6) is 5.75 Å². The maximum absolute atomic E-state index is 13.5. The molecule has 0 unspecified atom stereocenters. The van der Waals surface area contributed by atoms with Crippen molar-refractivity contribution < 1.29 is 18.7 Å². The largest absolute Gasteiger partial charge is 0.493 e. The Morgan fingerprint density at radius 2 is 1.69 bits per heavy atom. The molecule has 2 aromatic carbocycles.